The van der Waals surface area contributed by atoms with Gasteiger partial charge in [-0.2, -0.15) is 0 Å². The molecule has 0 radical (unpaired) electrons. The Balaban J connectivity index is 0.000000288. The van der Waals surface area contributed by atoms with Gasteiger partial charge in [0.25, 0.3) is 0 Å². The standard InChI is InChI=1S/C8H8.H2O/c1-2-5-3(1)7-4(1)6(2)8(5)7;/h1-8H;1H2. The highest BCUT2D eigenvalue weighted by Gasteiger charge is 2.97. The zero-order chi connectivity index (χ0) is 4.62. The number of hydrogen-bond acceptors (Lipinski definition) is 0. The second-order valence-corrected chi connectivity index (χ2v) is 4.62. The molecule has 6 rings (SSSR count). The van der Waals surface area contributed by atoms with Gasteiger partial charge in [0.1, 0.15) is 0 Å². The van der Waals surface area contributed by atoms with Crippen LogP contribution in [0.5, 0.6) is 0 Å². The Hall–Kier alpha value is -0.0400. The first-order valence-corrected chi connectivity index (χ1v) is 4.00. The molecule has 0 heterocycles. The van der Waals surface area contributed by atoms with Crippen LogP contribution in [0, 0.1) is 47.3 Å². The van der Waals surface area contributed by atoms with Crippen molar-refractivity contribution < 1.29 is 5.48 Å². The molecule has 1 heteroatoms. The van der Waals surface area contributed by atoms with E-state index in [1.165, 1.54) is 47.3 Å². The van der Waals surface area contributed by atoms with Gasteiger partial charge in [-0.05, 0) is 47.3 Å². The summed E-state index contributed by atoms with van der Waals surface area (Å²) in [5.41, 5.74) is 0. The molecule has 0 aromatic heterocycles. The number of rotatable bonds is 0. The quantitative estimate of drug-likeness (QED) is 0.438. The minimum Gasteiger partial charge on any atom is -0.412 e. The summed E-state index contributed by atoms with van der Waals surface area (Å²) in [6, 6.07) is 0. The molecule has 0 atom stereocenters. The Labute approximate surface area is 53.7 Å². The van der Waals surface area contributed by atoms with Crippen molar-refractivity contribution >= 4 is 0 Å². The molecule has 1 nitrogen and oxygen atoms in total. The largest absolute Gasteiger partial charge is 0.412 e. The van der Waals surface area contributed by atoms with E-state index in [2.05, 4.69) is 0 Å². The topological polar surface area (TPSA) is 31.5 Å². The molecule has 0 aromatic rings. The van der Waals surface area contributed by atoms with Gasteiger partial charge in [-0.3, -0.25) is 0 Å². The van der Waals surface area contributed by atoms with Gasteiger partial charge in [0.2, 0.25) is 0 Å². The Kier molecular flexibility index (Phi) is 0.296. The van der Waals surface area contributed by atoms with Crippen molar-refractivity contribution in [2.24, 2.45) is 47.3 Å². The highest BCUT2D eigenvalue weighted by Crippen LogP contribution is 3.00. The molecular formula is C8H10O. The molecule has 0 aromatic carbocycles. The summed E-state index contributed by atoms with van der Waals surface area (Å²) in [5, 5.41) is 0. The molecule has 2 N–H and O–H groups in total. The van der Waals surface area contributed by atoms with Crippen molar-refractivity contribution in [3.8, 4) is 0 Å². The molecule has 6 aliphatic carbocycles. The SMILES string of the molecule is C12C3C4C1C1C2C3C41.O. The molecule has 6 fully saturated rings. The average Bonchev–Trinajstić information content (AvgIpc) is 1.90. The van der Waals surface area contributed by atoms with E-state index in [0.717, 1.165) is 0 Å². The zero-order valence-corrected chi connectivity index (χ0v) is 5.12. The molecule has 0 amide bonds. The van der Waals surface area contributed by atoms with Crippen LogP contribution in [0.4, 0.5) is 0 Å². The van der Waals surface area contributed by atoms with E-state index in [9.17, 15) is 0 Å². The van der Waals surface area contributed by atoms with Gasteiger partial charge in [-0.1, -0.05) is 0 Å². The van der Waals surface area contributed by atoms with Gasteiger partial charge in [-0.15, -0.1) is 0 Å². The first kappa shape index (κ1) is 3.97. The summed E-state index contributed by atoms with van der Waals surface area (Å²) in [6.07, 6.45) is 0. The summed E-state index contributed by atoms with van der Waals surface area (Å²) in [5.74, 6) is 10.7. The second kappa shape index (κ2) is 0.672. The van der Waals surface area contributed by atoms with Crippen molar-refractivity contribution in [1.29, 1.82) is 0 Å². The highest BCUT2D eigenvalue weighted by atomic mass is 16.0. The van der Waals surface area contributed by atoms with Gasteiger partial charge < -0.3 is 5.48 Å². The summed E-state index contributed by atoms with van der Waals surface area (Å²) in [6.45, 7) is 0. The van der Waals surface area contributed by atoms with E-state index in [0.29, 0.717) is 0 Å². The first-order valence-electron chi connectivity index (χ1n) is 4.00. The lowest BCUT2D eigenvalue weighted by molar-refractivity contribution is -0.565. The fourth-order valence-electron chi connectivity index (χ4n) is 5.29. The van der Waals surface area contributed by atoms with Crippen molar-refractivity contribution in [2.45, 2.75) is 0 Å². The summed E-state index contributed by atoms with van der Waals surface area (Å²) in [7, 11) is 0. The Morgan fingerprint density at radius 1 is 0.333 bits per heavy atom. The summed E-state index contributed by atoms with van der Waals surface area (Å²) >= 11 is 0. The normalized spacial score (nSPS) is 96.0. The van der Waals surface area contributed by atoms with Crippen LogP contribution in [0.25, 0.3) is 0 Å². The molecule has 0 spiro atoms. The molecule has 6 aliphatic rings. The Morgan fingerprint density at radius 3 is 0.556 bits per heavy atom. The fraction of sp³-hybridized carbons (Fsp3) is 1.00. The Morgan fingerprint density at radius 2 is 0.444 bits per heavy atom. The van der Waals surface area contributed by atoms with Gasteiger partial charge in [0.15, 0.2) is 0 Å². The molecular weight excluding hydrogens is 112 g/mol. The van der Waals surface area contributed by atoms with E-state index >= 15 is 0 Å². The van der Waals surface area contributed by atoms with Crippen LogP contribution >= 0.6 is 0 Å². The lowest BCUT2D eigenvalue weighted by Gasteiger charge is -3.03. The summed E-state index contributed by atoms with van der Waals surface area (Å²) in [4.78, 5) is 0. The molecule has 0 unspecified atom stereocenters. The minimum atomic E-state index is 0. The third-order valence-corrected chi connectivity index (χ3v) is 5.33. The van der Waals surface area contributed by atoms with E-state index < -0.39 is 0 Å². The molecule has 0 saturated heterocycles. The highest BCUT2D eigenvalue weighted by molar-refractivity contribution is 5.44. The van der Waals surface area contributed by atoms with Crippen LogP contribution in [-0.2, 0) is 0 Å². The predicted molar refractivity (Wildman–Crippen MR) is 31.5 cm³/mol. The van der Waals surface area contributed by atoms with E-state index in [-0.39, 0.29) is 5.48 Å². The lowest BCUT2D eigenvalue weighted by Crippen LogP contribution is -3.00. The maximum atomic E-state index is 1.33. The lowest BCUT2D eigenvalue weighted by atomic mass is 9.01. The van der Waals surface area contributed by atoms with Crippen LogP contribution in [0.3, 0.4) is 0 Å². The Bertz CT molecular complexity index is 115. The van der Waals surface area contributed by atoms with Crippen LogP contribution in [0.15, 0.2) is 0 Å². The van der Waals surface area contributed by atoms with Crippen LogP contribution in [-0.4, -0.2) is 5.48 Å². The second-order valence-electron chi connectivity index (χ2n) is 4.62. The van der Waals surface area contributed by atoms with Crippen molar-refractivity contribution in [2.75, 3.05) is 0 Å². The molecule has 0 bridgehead atoms. The minimum absolute atomic E-state index is 0. The van der Waals surface area contributed by atoms with Crippen LogP contribution < -0.4 is 0 Å². The van der Waals surface area contributed by atoms with Crippen molar-refractivity contribution in [1.82, 2.24) is 0 Å². The maximum absolute atomic E-state index is 1.33. The third kappa shape index (κ3) is 0.123. The smallest absolute Gasteiger partial charge is 0.0312 e. The van der Waals surface area contributed by atoms with E-state index in [1.807, 2.05) is 0 Å². The fourth-order valence-corrected chi connectivity index (χ4v) is 5.29. The van der Waals surface area contributed by atoms with Gasteiger partial charge >= 0.3 is 0 Å². The van der Waals surface area contributed by atoms with Gasteiger partial charge in [-0.25, -0.2) is 0 Å². The number of hydrogen-bond donors (Lipinski definition) is 0. The molecule has 0 aliphatic heterocycles. The van der Waals surface area contributed by atoms with Crippen LogP contribution in [0.2, 0.25) is 0 Å². The molecule has 48 valence electrons. The maximum Gasteiger partial charge on any atom is -0.0312 e. The molecule has 6 saturated carbocycles. The molecule has 9 heavy (non-hydrogen) atoms. The monoisotopic (exact) mass is 122 g/mol. The van der Waals surface area contributed by atoms with Gasteiger partial charge in [0, 0.05) is 0 Å². The van der Waals surface area contributed by atoms with Crippen molar-refractivity contribution in [3.63, 3.8) is 0 Å². The third-order valence-electron chi connectivity index (χ3n) is 5.33. The van der Waals surface area contributed by atoms with Crippen LogP contribution in [0.1, 0.15) is 0 Å². The zero-order valence-electron chi connectivity index (χ0n) is 5.12. The summed E-state index contributed by atoms with van der Waals surface area (Å²) < 4.78 is 0. The van der Waals surface area contributed by atoms with E-state index in [1.54, 1.807) is 0 Å². The van der Waals surface area contributed by atoms with E-state index in [4.69, 9.17) is 0 Å². The van der Waals surface area contributed by atoms with Gasteiger partial charge in [0.05, 0.1) is 0 Å². The predicted octanol–water partition coefficient (Wildman–Crippen LogP) is 0.159. The first-order chi connectivity index (χ1) is 4.00. The van der Waals surface area contributed by atoms with Crippen molar-refractivity contribution in [3.05, 3.63) is 0 Å². The average molecular weight is 122 g/mol.